The van der Waals surface area contributed by atoms with Gasteiger partial charge in [-0.2, -0.15) is 5.10 Å². The molecule has 1 aromatic carbocycles. The SMILES string of the molecule is COc1cn(C(C)(C)C)nc1-c1ccc(N2CCOCC2)cc1. The first-order valence-corrected chi connectivity index (χ1v) is 8.06. The van der Waals surface area contributed by atoms with Crippen LogP contribution in [0, 0.1) is 0 Å². The van der Waals surface area contributed by atoms with Gasteiger partial charge in [-0.3, -0.25) is 4.68 Å². The number of nitrogens with zero attached hydrogens (tertiary/aromatic N) is 3. The van der Waals surface area contributed by atoms with E-state index in [1.165, 1.54) is 5.69 Å². The van der Waals surface area contributed by atoms with Crippen LogP contribution in [0.15, 0.2) is 30.5 Å². The van der Waals surface area contributed by atoms with Gasteiger partial charge in [-0.15, -0.1) is 0 Å². The van der Waals surface area contributed by atoms with Gasteiger partial charge in [0.25, 0.3) is 0 Å². The van der Waals surface area contributed by atoms with Crippen molar-refractivity contribution in [1.82, 2.24) is 9.78 Å². The Morgan fingerprint density at radius 2 is 1.74 bits per heavy atom. The lowest BCUT2D eigenvalue weighted by molar-refractivity contribution is 0.122. The molecule has 0 bridgehead atoms. The Morgan fingerprint density at radius 3 is 2.30 bits per heavy atom. The molecular formula is C18H25N3O2. The monoisotopic (exact) mass is 315 g/mol. The first-order chi connectivity index (χ1) is 11.0. The number of hydrogen-bond donors (Lipinski definition) is 0. The minimum absolute atomic E-state index is 0.0702. The lowest BCUT2D eigenvalue weighted by Crippen LogP contribution is -2.36. The summed E-state index contributed by atoms with van der Waals surface area (Å²) in [6.07, 6.45) is 1.96. The standard InChI is InChI=1S/C18H25N3O2/c1-18(2,3)21-13-16(22-4)17(19-21)14-5-7-15(8-6-14)20-9-11-23-12-10-20/h5-8,13H,9-12H2,1-4H3. The fraction of sp³-hybridized carbons (Fsp3) is 0.500. The number of morpholine rings is 1. The van der Waals surface area contributed by atoms with Gasteiger partial charge in [-0.1, -0.05) is 12.1 Å². The lowest BCUT2D eigenvalue weighted by Gasteiger charge is -2.28. The molecule has 0 unspecified atom stereocenters. The molecule has 1 saturated heterocycles. The summed E-state index contributed by atoms with van der Waals surface area (Å²) in [4.78, 5) is 2.35. The van der Waals surface area contributed by atoms with Gasteiger partial charge in [-0.05, 0) is 32.9 Å². The molecule has 0 radical (unpaired) electrons. The van der Waals surface area contributed by atoms with Crippen LogP contribution >= 0.6 is 0 Å². The molecule has 5 heteroatoms. The summed E-state index contributed by atoms with van der Waals surface area (Å²) in [5.74, 6) is 0.805. The number of hydrogen-bond acceptors (Lipinski definition) is 4. The fourth-order valence-corrected chi connectivity index (χ4v) is 2.70. The van der Waals surface area contributed by atoms with E-state index in [4.69, 9.17) is 14.6 Å². The number of ether oxygens (including phenoxy) is 2. The van der Waals surface area contributed by atoms with Crippen LogP contribution in [0.2, 0.25) is 0 Å². The van der Waals surface area contributed by atoms with E-state index in [0.717, 1.165) is 43.3 Å². The summed E-state index contributed by atoms with van der Waals surface area (Å²) in [6, 6.07) is 8.53. The van der Waals surface area contributed by atoms with E-state index < -0.39 is 0 Å². The van der Waals surface area contributed by atoms with Crippen LogP contribution in [0.1, 0.15) is 20.8 Å². The van der Waals surface area contributed by atoms with Gasteiger partial charge in [0.1, 0.15) is 5.69 Å². The van der Waals surface area contributed by atoms with Gasteiger partial charge in [0.15, 0.2) is 5.75 Å². The first kappa shape index (κ1) is 15.9. The molecule has 5 nitrogen and oxygen atoms in total. The van der Waals surface area contributed by atoms with Crippen molar-refractivity contribution in [3.63, 3.8) is 0 Å². The van der Waals surface area contributed by atoms with Crippen molar-refractivity contribution in [2.75, 3.05) is 38.3 Å². The molecule has 0 atom stereocenters. The maximum absolute atomic E-state index is 5.51. The van der Waals surface area contributed by atoms with Crippen LogP contribution in [-0.2, 0) is 10.3 Å². The summed E-state index contributed by atoms with van der Waals surface area (Å²) in [5, 5.41) is 4.72. The molecule has 0 spiro atoms. The van der Waals surface area contributed by atoms with Crippen LogP contribution in [-0.4, -0.2) is 43.2 Å². The third kappa shape index (κ3) is 3.34. The van der Waals surface area contributed by atoms with Gasteiger partial charge in [-0.25, -0.2) is 0 Å². The van der Waals surface area contributed by atoms with Crippen molar-refractivity contribution in [3.8, 4) is 17.0 Å². The highest BCUT2D eigenvalue weighted by atomic mass is 16.5. The Hall–Kier alpha value is -2.01. The minimum atomic E-state index is -0.0702. The fourth-order valence-electron chi connectivity index (χ4n) is 2.70. The highest BCUT2D eigenvalue weighted by Gasteiger charge is 2.20. The van der Waals surface area contributed by atoms with Crippen LogP contribution in [0.3, 0.4) is 0 Å². The molecule has 0 saturated carbocycles. The zero-order valence-corrected chi connectivity index (χ0v) is 14.4. The molecule has 3 rings (SSSR count). The third-order valence-corrected chi connectivity index (χ3v) is 4.10. The molecule has 1 fully saturated rings. The molecule has 124 valence electrons. The lowest BCUT2D eigenvalue weighted by atomic mass is 10.1. The predicted molar refractivity (Wildman–Crippen MR) is 92.2 cm³/mol. The Morgan fingerprint density at radius 1 is 1.09 bits per heavy atom. The van der Waals surface area contributed by atoms with Crippen LogP contribution in [0.4, 0.5) is 5.69 Å². The smallest absolute Gasteiger partial charge is 0.164 e. The second-order valence-electron chi connectivity index (χ2n) is 6.81. The number of benzene rings is 1. The molecule has 1 aliphatic rings. The summed E-state index contributed by atoms with van der Waals surface area (Å²) < 4.78 is 12.9. The van der Waals surface area contributed by atoms with Crippen molar-refractivity contribution >= 4 is 5.69 Å². The molecule has 0 N–H and O–H groups in total. The zero-order chi connectivity index (χ0) is 16.4. The van der Waals surface area contributed by atoms with E-state index in [9.17, 15) is 0 Å². The number of rotatable bonds is 3. The topological polar surface area (TPSA) is 39.5 Å². The van der Waals surface area contributed by atoms with E-state index in [1.54, 1.807) is 7.11 Å². The Kier molecular flexibility index (Phi) is 4.31. The maximum Gasteiger partial charge on any atom is 0.164 e. The number of anilines is 1. The van der Waals surface area contributed by atoms with Crippen molar-refractivity contribution in [3.05, 3.63) is 30.5 Å². The largest absolute Gasteiger partial charge is 0.493 e. The third-order valence-electron chi connectivity index (χ3n) is 4.10. The van der Waals surface area contributed by atoms with Crippen molar-refractivity contribution in [2.24, 2.45) is 0 Å². The van der Waals surface area contributed by atoms with Crippen LogP contribution in [0.25, 0.3) is 11.3 Å². The van der Waals surface area contributed by atoms with Gasteiger partial charge in [0.2, 0.25) is 0 Å². The summed E-state index contributed by atoms with van der Waals surface area (Å²) in [6.45, 7) is 9.87. The Balaban J connectivity index is 1.88. The van der Waals surface area contributed by atoms with Gasteiger partial charge < -0.3 is 14.4 Å². The van der Waals surface area contributed by atoms with Crippen molar-refractivity contribution in [2.45, 2.75) is 26.3 Å². The Bertz CT molecular complexity index is 650. The summed E-state index contributed by atoms with van der Waals surface area (Å²) >= 11 is 0. The van der Waals surface area contributed by atoms with Crippen LogP contribution in [0.5, 0.6) is 5.75 Å². The molecule has 1 aliphatic heterocycles. The van der Waals surface area contributed by atoms with Crippen molar-refractivity contribution < 1.29 is 9.47 Å². The normalized spacial score (nSPS) is 15.7. The average Bonchev–Trinajstić information content (AvgIpc) is 3.00. The molecule has 23 heavy (non-hydrogen) atoms. The second kappa shape index (κ2) is 6.24. The molecule has 0 aliphatic carbocycles. The molecule has 1 aromatic heterocycles. The maximum atomic E-state index is 5.51. The first-order valence-electron chi connectivity index (χ1n) is 8.06. The van der Waals surface area contributed by atoms with Crippen LogP contribution < -0.4 is 9.64 Å². The van der Waals surface area contributed by atoms with Gasteiger partial charge in [0.05, 0.1) is 32.1 Å². The van der Waals surface area contributed by atoms with E-state index >= 15 is 0 Å². The Labute approximate surface area is 137 Å². The summed E-state index contributed by atoms with van der Waals surface area (Å²) in [5.41, 5.74) is 3.11. The van der Waals surface area contributed by atoms with E-state index in [2.05, 4.69) is 49.9 Å². The molecule has 2 aromatic rings. The quantitative estimate of drug-likeness (QED) is 0.872. The van der Waals surface area contributed by atoms with Gasteiger partial charge in [0, 0.05) is 24.3 Å². The van der Waals surface area contributed by atoms with E-state index in [1.807, 2.05) is 10.9 Å². The highest BCUT2D eigenvalue weighted by Crippen LogP contribution is 2.32. The highest BCUT2D eigenvalue weighted by molar-refractivity contribution is 5.68. The molecule has 0 amide bonds. The number of methoxy groups -OCH3 is 1. The minimum Gasteiger partial charge on any atom is -0.493 e. The van der Waals surface area contributed by atoms with Gasteiger partial charge >= 0.3 is 0 Å². The van der Waals surface area contributed by atoms with E-state index in [0.29, 0.717) is 0 Å². The molecular weight excluding hydrogens is 290 g/mol. The summed E-state index contributed by atoms with van der Waals surface area (Å²) in [7, 11) is 1.69. The number of aromatic nitrogens is 2. The van der Waals surface area contributed by atoms with Crippen molar-refractivity contribution in [1.29, 1.82) is 0 Å². The second-order valence-corrected chi connectivity index (χ2v) is 6.81. The molecule has 2 heterocycles. The van der Waals surface area contributed by atoms with E-state index in [-0.39, 0.29) is 5.54 Å². The average molecular weight is 315 g/mol. The zero-order valence-electron chi connectivity index (χ0n) is 14.4. The predicted octanol–water partition coefficient (Wildman–Crippen LogP) is 3.15.